The molecular weight excluding hydrogens is 338 g/mol. The van der Waals surface area contributed by atoms with E-state index in [-0.39, 0.29) is 0 Å². The first kappa shape index (κ1) is 17.1. The summed E-state index contributed by atoms with van der Waals surface area (Å²) in [6.07, 6.45) is 3.96. The van der Waals surface area contributed by atoms with Gasteiger partial charge in [0.05, 0.1) is 6.26 Å². The van der Waals surface area contributed by atoms with Crippen LogP contribution in [-0.2, 0) is 14.8 Å². The first-order chi connectivity index (χ1) is 10.8. The maximum absolute atomic E-state index is 11.7. The molecule has 0 unspecified atom stereocenters. The van der Waals surface area contributed by atoms with Crippen LogP contribution in [0.1, 0.15) is 5.56 Å². The summed E-state index contributed by atoms with van der Waals surface area (Å²) >= 11 is 5.78. The maximum Gasteiger partial charge on any atom is 0.336 e. The number of benzene rings is 2. The van der Waals surface area contributed by atoms with Gasteiger partial charge >= 0.3 is 5.97 Å². The standard InChI is InChI=1S/C16H14ClNO4S/c1-23(20,21)18-14-7-9-15(10-8-14)22-16(19)11-4-12-2-5-13(17)6-3-12/h2-11,18H,1H3/b11-4+. The number of ether oxygens (including phenoxy) is 1. The molecule has 0 saturated heterocycles. The minimum absolute atomic E-state index is 0.315. The number of rotatable bonds is 5. The van der Waals surface area contributed by atoms with Crippen LogP contribution in [0, 0.1) is 0 Å². The molecule has 0 fully saturated rings. The summed E-state index contributed by atoms with van der Waals surface area (Å²) in [6.45, 7) is 0. The molecule has 0 amide bonds. The summed E-state index contributed by atoms with van der Waals surface area (Å²) in [5.41, 5.74) is 1.21. The highest BCUT2D eigenvalue weighted by Gasteiger charge is 2.04. The number of carbonyl (C=O) groups excluding carboxylic acids is 1. The summed E-state index contributed by atoms with van der Waals surface area (Å²) in [7, 11) is -3.33. The summed E-state index contributed by atoms with van der Waals surface area (Å²) in [4.78, 5) is 11.7. The molecule has 5 nitrogen and oxygen atoms in total. The molecule has 0 aliphatic carbocycles. The molecule has 7 heteroatoms. The molecule has 0 aliphatic rings. The van der Waals surface area contributed by atoms with Gasteiger partial charge in [0.1, 0.15) is 5.75 Å². The molecular formula is C16H14ClNO4S. The minimum atomic E-state index is -3.33. The van der Waals surface area contributed by atoms with Gasteiger partial charge in [-0.1, -0.05) is 23.7 Å². The van der Waals surface area contributed by atoms with Crippen molar-refractivity contribution in [1.82, 2.24) is 0 Å². The van der Waals surface area contributed by atoms with Crippen molar-refractivity contribution in [3.8, 4) is 5.75 Å². The van der Waals surface area contributed by atoms with Gasteiger partial charge in [0, 0.05) is 16.8 Å². The lowest BCUT2D eigenvalue weighted by Crippen LogP contribution is -2.09. The van der Waals surface area contributed by atoms with Crippen LogP contribution in [0.2, 0.25) is 5.02 Å². The number of hydrogen-bond donors (Lipinski definition) is 1. The van der Waals surface area contributed by atoms with Crippen molar-refractivity contribution in [1.29, 1.82) is 0 Å². The van der Waals surface area contributed by atoms with E-state index < -0.39 is 16.0 Å². The van der Waals surface area contributed by atoms with Crippen molar-refractivity contribution < 1.29 is 17.9 Å². The molecule has 0 aromatic heterocycles. The molecule has 0 atom stereocenters. The Morgan fingerprint density at radius 2 is 1.70 bits per heavy atom. The average molecular weight is 352 g/mol. The second-order valence-corrected chi connectivity index (χ2v) is 6.89. The zero-order valence-electron chi connectivity index (χ0n) is 12.2. The first-order valence-electron chi connectivity index (χ1n) is 6.55. The molecule has 0 aliphatic heterocycles. The zero-order chi connectivity index (χ0) is 16.9. The molecule has 0 heterocycles. The lowest BCUT2D eigenvalue weighted by atomic mass is 10.2. The smallest absolute Gasteiger partial charge is 0.336 e. The third kappa shape index (κ3) is 6.14. The van der Waals surface area contributed by atoms with Gasteiger partial charge in [0.25, 0.3) is 0 Å². The molecule has 0 spiro atoms. The molecule has 2 rings (SSSR count). The SMILES string of the molecule is CS(=O)(=O)Nc1ccc(OC(=O)/C=C/c2ccc(Cl)cc2)cc1. The Morgan fingerprint density at radius 3 is 2.26 bits per heavy atom. The van der Waals surface area contributed by atoms with E-state index in [9.17, 15) is 13.2 Å². The number of hydrogen-bond acceptors (Lipinski definition) is 4. The van der Waals surface area contributed by atoms with Crippen LogP contribution in [0.4, 0.5) is 5.69 Å². The Balaban J connectivity index is 1.96. The number of esters is 1. The third-order valence-electron chi connectivity index (χ3n) is 2.66. The summed E-state index contributed by atoms with van der Waals surface area (Å²) in [5.74, 6) is -0.224. The van der Waals surface area contributed by atoms with Gasteiger partial charge in [-0.2, -0.15) is 0 Å². The number of anilines is 1. The molecule has 1 N–H and O–H groups in total. The Labute approximate surface area is 139 Å². The van der Waals surface area contributed by atoms with Gasteiger partial charge in [-0.25, -0.2) is 13.2 Å². The van der Waals surface area contributed by atoms with Crippen LogP contribution in [0.3, 0.4) is 0 Å². The van der Waals surface area contributed by atoms with E-state index in [0.29, 0.717) is 16.5 Å². The van der Waals surface area contributed by atoms with Gasteiger partial charge in [-0.05, 0) is 48.0 Å². The minimum Gasteiger partial charge on any atom is -0.423 e. The summed E-state index contributed by atoms with van der Waals surface area (Å²) < 4.78 is 29.6. The monoisotopic (exact) mass is 351 g/mol. The highest BCUT2D eigenvalue weighted by atomic mass is 35.5. The van der Waals surface area contributed by atoms with Crippen molar-refractivity contribution in [3.63, 3.8) is 0 Å². The van der Waals surface area contributed by atoms with E-state index in [0.717, 1.165) is 11.8 Å². The van der Waals surface area contributed by atoms with Crippen LogP contribution in [0.25, 0.3) is 6.08 Å². The first-order valence-corrected chi connectivity index (χ1v) is 8.82. The highest BCUT2D eigenvalue weighted by molar-refractivity contribution is 7.92. The number of halogens is 1. The molecule has 120 valence electrons. The molecule has 0 bridgehead atoms. The van der Waals surface area contributed by atoms with Crippen molar-refractivity contribution >= 4 is 39.4 Å². The van der Waals surface area contributed by atoms with E-state index in [2.05, 4.69) is 4.72 Å². The second kappa shape index (κ2) is 7.30. The van der Waals surface area contributed by atoms with Gasteiger partial charge in [0.15, 0.2) is 0 Å². The quantitative estimate of drug-likeness (QED) is 0.509. The Kier molecular flexibility index (Phi) is 5.41. The largest absolute Gasteiger partial charge is 0.423 e. The van der Waals surface area contributed by atoms with Gasteiger partial charge in [-0.3, -0.25) is 4.72 Å². The van der Waals surface area contributed by atoms with Crippen molar-refractivity contribution in [2.24, 2.45) is 0 Å². The lowest BCUT2D eigenvalue weighted by Gasteiger charge is -2.05. The normalized spacial score (nSPS) is 11.4. The highest BCUT2D eigenvalue weighted by Crippen LogP contribution is 2.17. The van der Waals surface area contributed by atoms with E-state index in [1.165, 1.54) is 30.3 Å². The predicted molar refractivity (Wildman–Crippen MR) is 91.0 cm³/mol. The van der Waals surface area contributed by atoms with Crippen LogP contribution >= 0.6 is 11.6 Å². The molecule has 0 saturated carbocycles. The van der Waals surface area contributed by atoms with Gasteiger partial charge < -0.3 is 4.74 Å². The number of carbonyl (C=O) groups is 1. The molecule has 0 radical (unpaired) electrons. The van der Waals surface area contributed by atoms with Crippen LogP contribution in [0.15, 0.2) is 54.6 Å². The fourth-order valence-electron chi connectivity index (χ4n) is 1.69. The van der Waals surface area contributed by atoms with E-state index >= 15 is 0 Å². The van der Waals surface area contributed by atoms with Crippen LogP contribution in [0.5, 0.6) is 5.75 Å². The van der Waals surface area contributed by atoms with E-state index in [1.807, 2.05) is 0 Å². The van der Waals surface area contributed by atoms with Gasteiger partial charge in [-0.15, -0.1) is 0 Å². The second-order valence-electron chi connectivity index (χ2n) is 4.70. The maximum atomic E-state index is 11.7. The van der Waals surface area contributed by atoms with E-state index in [4.69, 9.17) is 16.3 Å². The fourth-order valence-corrected chi connectivity index (χ4v) is 2.38. The summed E-state index contributed by atoms with van der Waals surface area (Å²) in [6, 6.07) is 13.0. The average Bonchev–Trinajstić information content (AvgIpc) is 2.47. The van der Waals surface area contributed by atoms with Crippen molar-refractivity contribution in [2.75, 3.05) is 11.0 Å². The summed E-state index contributed by atoms with van der Waals surface area (Å²) in [5, 5.41) is 0.618. The van der Waals surface area contributed by atoms with Crippen molar-refractivity contribution in [2.45, 2.75) is 0 Å². The predicted octanol–water partition coefficient (Wildman–Crippen LogP) is 3.33. The number of sulfonamides is 1. The molecule has 2 aromatic rings. The lowest BCUT2D eigenvalue weighted by molar-refractivity contribution is -0.128. The van der Waals surface area contributed by atoms with Crippen LogP contribution in [-0.4, -0.2) is 20.6 Å². The molecule has 2 aromatic carbocycles. The third-order valence-corrected chi connectivity index (χ3v) is 3.52. The Hall–Kier alpha value is -2.31. The van der Waals surface area contributed by atoms with Crippen molar-refractivity contribution in [3.05, 3.63) is 65.2 Å². The topological polar surface area (TPSA) is 72.5 Å². The van der Waals surface area contributed by atoms with Gasteiger partial charge in [0.2, 0.25) is 10.0 Å². The van der Waals surface area contributed by atoms with Crippen LogP contribution < -0.4 is 9.46 Å². The molecule has 23 heavy (non-hydrogen) atoms. The number of nitrogens with one attached hydrogen (secondary N) is 1. The Bertz CT molecular complexity index is 812. The zero-order valence-corrected chi connectivity index (χ0v) is 13.8. The fraction of sp³-hybridized carbons (Fsp3) is 0.0625. The Morgan fingerprint density at radius 1 is 1.09 bits per heavy atom. The van der Waals surface area contributed by atoms with E-state index in [1.54, 1.807) is 30.3 Å².